The molecule has 0 radical (unpaired) electrons. The van der Waals surface area contributed by atoms with Crippen LogP contribution in [0.5, 0.6) is 0 Å². The Hall–Kier alpha value is -1.31. The summed E-state index contributed by atoms with van der Waals surface area (Å²) < 4.78 is 4.63. The van der Waals surface area contributed by atoms with Crippen LogP contribution in [0, 0.1) is 5.92 Å². The molecule has 0 unspecified atom stereocenters. The second-order valence-corrected chi connectivity index (χ2v) is 3.91. The lowest BCUT2D eigenvalue weighted by Crippen LogP contribution is -2.07. The summed E-state index contributed by atoms with van der Waals surface area (Å²) in [6.07, 6.45) is 2.57. The molecule has 0 spiro atoms. The lowest BCUT2D eigenvalue weighted by molar-refractivity contribution is -0.141. The number of hydrogen-bond acceptors (Lipinski definition) is 2. The number of hydrogen-bond donors (Lipinski definition) is 0. The van der Waals surface area contributed by atoms with Crippen LogP contribution in [-0.4, -0.2) is 13.1 Å². The van der Waals surface area contributed by atoms with Crippen LogP contribution < -0.4 is 0 Å². The van der Waals surface area contributed by atoms with Gasteiger partial charge in [-0.1, -0.05) is 37.3 Å². The van der Waals surface area contributed by atoms with E-state index in [9.17, 15) is 4.79 Å². The molecule has 0 aliphatic heterocycles. The van der Waals surface area contributed by atoms with E-state index >= 15 is 0 Å². The summed E-state index contributed by atoms with van der Waals surface area (Å²) in [5, 5.41) is 0. The largest absolute Gasteiger partial charge is 0.469 e. The van der Waals surface area contributed by atoms with Gasteiger partial charge in [-0.25, -0.2) is 0 Å². The third-order valence-corrected chi connectivity index (χ3v) is 2.51. The van der Waals surface area contributed by atoms with Gasteiger partial charge < -0.3 is 4.74 Å². The number of carbonyl (C=O) groups is 1. The SMILES string of the molecule is COC(=O)C[C@@H](C)CCc1ccccc1. The Morgan fingerprint density at radius 1 is 1.33 bits per heavy atom. The third-order valence-electron chi connectivity index (χ3n) is 2.51. The summed E-state index contributed by atoms with van der Waals surface area (Å²) in [6, 6.07) is 10.3. The molecule has 0 saturated heterocycles. The zero-order chi connectivity index (χ0) is 11.1. The van der Waals surface area contributed by atoms with Gasteiger partial charge in [0.25, 0.3) is 0 Å². The fourth-order valence-corrected chi connectivity index (χ4v) is 1.53. The van der Waals surface area contributed by atoms with Gasteiger partial charge in [-0.2, -0.15) is 0 Å². The monoisotopic (exact) mass is 206 g/mol. The number of aryl methyl sites for hydroxylation is 1. The summed E-state index contributed by atoms with van der Waals surface area (Å²) in [7, 11) is 1.44. The van der Waals surface area contributed by atoms with Gasteiger partial charge in [0.2, 0.25) is 0 Å². The molecule has 1 aromatic rings. The normalized spacial score (nSPS) is 12.1. The lowest BCUT2D eigenvalue weighted by Gasteiger charge is -2.09. The van der Waals surface area contributed by atoms with Crippen molar-refractivity contribution >= 4 is 5.97 Å². The van der Waals surface area contributed by atoms with Crippen molar-refractivity contribution < 1.29 is 9.53 Å². The summed E-state index contributed by atoms with van der Waals surface area (Å²) in [5.41, 5.74) is 1.33. The van der Waals surface area contributed by atoms with E-state index in [2.05, 4.69) is 23.8 Å². The summed E-state index contributed by atoms with van der Waals surface area (Å²) in [6.45, 7) is 2.08. The maximum Gasteiger partial charge on any atom is 0.305 e. The summed E-state index contributed by atoms with van der Waals surface area (Å²) in [4.78, 5) is 11.0. The Morgan fingerprint density at radius 2 is 2.00 bits per heavy atom. The Bertz CT molecular complexity index is 293. The molecule has 0 aromatic heterocycles. The highest BCUT2D eigenvalue weighted by Crippen LogP contribution is 2.12. The van der Waals surface area contributed by atoms with Crippen molar-refractivity contribution in [1.82, 2.24) is 0 Å². The maximum atomic E-state index is 11.0. The molecule has 1 atom stereocenters. The number of ether oxygens (including phenoxy) is 1. The van der Waals surface area contributed by atoms with Crippen LogP contribution in [0.4, 0.5) is 0 Å². The van der Waals surface area contributed by atoms with Crippen molar-refractivity contribution in [2.24, 2.45) is 5.92 Å². The molecule has 0 bridgehead atoms. The van der Waals surface area contributed by atoms with Crippen LogP contribution in [0.1, 0.15) is 25.3 Å². The first-order valence-electron chi connectivity index (χ1n) is 5.33. The first kappa shape index (κ1) is 11.8. The molecule has 0 aliphatic carbocycles. The molecular weight excluding hydrogens is 188 g/mol. The van der Waals surface area contributed by atoms with E-state index in [0.717, 1.165) is 12.8 Å². The zero-order valence-electron chi connectivity index (χ0n) is 9.40. The van der Waals surface area contributed by atoms with Gasteiger partial charge in [0.1, 0.15) is 0 Å². The van der Waals surface area contributed by atoms with Crippen LogP contribution in [0.3, 0.4) is 0 Å². The second kappa shape index (κ2) is 6.23. The van der Waals surface area contributed by atoms with Crippen LogP contribution in [0.25, 0.3) is 0 Å². The number of benzene rings is 1. The van der Waals surface area contributed by atoms with E-state index in [1.165, 1.54) is 12.7 Å². The first-order chi connectivity index (χ1) is 7.22. The van der Waals surface area contributed by atoms with E-state index in [1.807, 2.05) is 18.2 Å². The Labute approximate surface area is 91.3 Å². The maximum absolute atomic E-state index is 11.0. The van der Waals surface area contributed by atoms with E-state index in [-0.39, 0.29) is 5.97 Å². The van der Waals surface area contributed by atoms with Gasteiger partial charge >= 0.3 is 5.97 Å². The van der Waals surface area contributed by atoms with Gasteiger partial charge in [0, 0.05) is 6.42 Å². The van der Waals surface area contributed by atoms with Crippen LogP contribution in [0.2, 0.25) is 0 Å². The first-order valence-corrected chi connectivity index (χ1v) is 5.33. The quantitative estimate of drug-likeness (QED) is 0.692. The average Bonchev–Trinajstić information content (AvgIpc) is 2.27. The molecule has 0 amide bonds. The highest BCUT2D eigenvalue weighted by molar-refractivity contribution is 5.69. The molecule has 2 heteroatoms. The fourth-order valence-electron chi connectivity index (χ4n) is 1.53. The minimum absolute atomic E-state index is 0.115. The predicted octanol–water partition coefficient (Wildman–Crippen LogP) is 2.82. The molecule has 82 valence electrons. The van der Waals surface area contributed by atoms with Gasteiger partial charge in [0.15, 0.2) is 0 Å². The average molecular weight is 206 g/mol. The van der Waals surface area contributed by atoms with E-state index < -0.39 is 0 Å². The molecule has 15 heavy (non-hydrogen) atoms. The smallest absolute Gasteiger partial charge is 0.305 e. The third kappa shape index (κ3) is 4.63. The number of carbonyl (C=O) groups excluding carboxylic acids is 1. The van der Waals surface area contributed by atoms with E-state index in [0.29, 0.717) is 12.3 Å². The van der Waals surface area contributed by atoms with Crippen molar-refractivity contribution in [2.45, 2.75) is 26.2 Å². The predicted molar refractivity (Wildman–Crippen MR) is 60.6 cm³/mol. The Kier molecular flexibility index (Phi) is 4.88. The Morgan fingerprint density at radius 3 is 2.60 bits per heavy atom. The topological polar surface area (TPSA) is 26.3 Å². The summed E-state index contributed by atoms with van der Waals surface area (Å²) >= 11 is 0. The molecule has 0 N–H and O–H groups in total. The molecule has 1 rings (SSSR count). The van der Waals surface area contributed by atoms with Crippen LogP contribution >= 0.6 is 0 Å². The molecule has 0 saturated carbocycles. The van der Waals surface area contributed by atoms with Crippen molar-refractivity contribution in [3.63, 3.8) is 0 Å². The molecule has 2 nitrogen and oxygen atoms in total. The highest BCUT2D eigenvalue weighted by atomic mass is 16.5. The van der Waals surface area contributed by atoms with Gasteiger partial charge in [-0.05, 0) is 24.3 Å². The van der Waals surface area contributed by atoms with Crippen molar-refractivity contribution in [1.29, 1.82) is 0 Å². The molecule has 0 fully saturated rings. The molecular formula is C13H18O2. The fraction of sp³-hybridized carbons (Fsp3) is 0.462. The molecule has 0 aliphatic rings. The minimum atomic E-state index is -0.115. The number of rotatable bonds is 5. The lowest BCUT2D eigenvalue weighted by atomic mass is 9.98. The molecule has 1 aromatic carbocycles. The van der Waals surface area contributed by atoms with Crippen molar-refractivity contribution in [3.8, 4) is 0 Å². The van der Waals surface area contributed by atoms with Crippen molar-refractivity contribution in [2.75, 3.05) is 7.11 Å². The van der Waals surface area contributed by atoms with Crippen LogP contribution in [0.15, 0.2) is 30.3 Å². The number of methoxy groups -OCH3 is 1. The minimum Gasteiger partial charge on any atom is -0.469 e. The van der Waals surface area contributed by atoms with E-state index in [4.69, 9.17) is 0 Å². The standard InChI is InChI=1S/C13H18O2/c1-11(10-13(14)15-2)8-9-12-6-4-3-5-7-12/h3-7,11H,8-10H2,1-2H3/t11-/m0/s1. The van der Waals surface area contributed by atoms with Crippen molar-refractivity contribution in [3.05, 3.63) is 35.9 Å². The van der Waals surface area contributed by atoms with Gasteiger partial charge in [-0.3, -0.25) is 4.79 Å². The zero-order valence-corrected chi connectivity index (χ0v) is 9.40. The van der Waals surface area contributed by atoms with Crippen LogP contribution in [-0.2, 0) is 16.0 Å². The van der Waals surface area contributed by atoms with Gasteiger partial charge in [-0.15, -0.1) is 0 Å². The van der Waals surface area contributed by atoms with Gasteiger partial charge in [0.05, 0.1) is 7.11 Å². The molecule has 0 heterocycles. The highest BCUT2D eigenvalue weighted by Gasteiger charge is 2.08. The second-order valence-electron chi connectivity index (χ2n) is 3.91. The van der Waals surface area contributed by atoms with E-state index in [1.54, 1.807) is 0 Å². The number of esters is 1. The Balaban J connectivity index is 2.28. The summed E-state index contributed by atoms with van der Waals surface area (Å²) in [5.74, 6) is 0.271.